The number of carbonyl (C=O) groups excluding carboxylic acids is 1. The highest BCUT2D eigenvalue weighted by Crippen LogP contribution is 2.34. The number of Topliss-reactive ketones (excluding diaryl/α,β-unsaturated/α-hetero) is 1. The maximum absolute atomic E-state index is 11.6. The van der Waals surface area contributed by atoms with Gasteiger partial charge in [0.2, 0.25) is 0 Å². The van der Waals surface area contributed by atoms with E-state index in [1.165, 1.54) is 16.6 Å². The van der Waals surface area contributed by atoms with Gasteiger partial charge in [0.15, 0.2) is 0 Å². The zero-order chi connectivity index (χ0) is 13.4. The Hall–Kier alpha value is -1.83. The number of ketones is 1. The normalized spacial score (nSPS) is 19.8. The largest absolute Gasteiger partial charge is 0.344 e. The zero-order valence-corrected chi connectivity index (χ0v) is 11.4. The Balaban J connectivity index is 1.97. The lowest BCUT2D eigenvalue weighted by Crippen LogP contribution is -2.16. The van der Waals surface area contributed by atoms with Crippen molar-refractivity contribution in [2.75, 3.05) is 0 Å². The molecule has 0 bridgehead atoms. The average molecular weight is 253 g/mol. The van der Waals surface area contributed by atoms with Crippen molar-refractivity contribution in [1.82, 2.24) is 4.57 Å². The van der Waals surface area contributed by atoms with Crippen molar-refractivity contribution in [3.63, 3.8) is 0 Å². The van der Waals surface area contributed by atoms with Crippen molar-refractivity contribution < 1.29 is 4.79 Å². The number of fused-ring (bicyclic) bond motifs is 1. The quantitative estimate of drug-likeness (QED) is 0.794. The van der Waals surface area contributed by atoms with Crippen LogP contribution >= 0.6 is 0 Å². The van der Waals surface area contributed by atoms with E-state index in [0.29, 0.717) is 18.1 Å². The molecule has 0 spiro atoms. The van der Waals surface area contributed by atoms with E-state index in [2.05, 4.69) is 48.5 Å². The molecular formula is C17H19NO. The van der Waals surface area contributed by atoms with Crippen LogP contribution < -0.4 is 0 Å². The van der Waals surface area contributed by atoms with Gasteiger partial charge in [-0.1, -0.05) is 24.8 Å². The van der Waals surface area contributed by atoms with E-state index in [1.54, 1.807) is 0 Å². The van der Waals surface area contributed by atoms with Crippen LogP contribution in [0.1, 0.15) is 31.4 Å². The fourth-order valence-electron chi connectivity index (χ4n) is 3.13. The molecule has 2 aromatic rings. The zero-order valence-electron chi connectivity index (χ0n) is 11.4. The molecule has 1 aromatic heterocycles. The fourth-order valence-corrected chi connectivity index (χ4v) is 3.13. The predicted molar refractivity (Wildman–Crippen MR) is 78.9 cm³/mol. The van der Waals surface area contributed by atoms with Crippen LogP contribution in [0.3, 0.4) is 0 Å². The maximum atomic E-state index is 11.6. The molecule has 1 unspecified atom stereocenters. The first-order valence-corrected chi connectivity index (χ1v) is 6.92. The lowest BCUT2D eigenvalue weighted by atomic mass is 9.82. The van der Waals surface area contributed by atoms with Gasteiger partial charge in [0.1, 0.15) is 5.78 Å². The molecule has 0 N–H and O–H groups in total. The molecule has 0 amide bonds. The minimum atomic E-state index is 0.323. The summed E-state index contributed by atoms with van der Waals surface area (Å²) in [5.74, 6) is 0.709. The third kappa shape index (κ3) is 2.12. The molecule has 1 atom stereocenters. The highest BCUT2D eigenvalue weighted by Gasteiger charge is 2.24. The molecule has 1 fully saturated rings. The van der Waals surface area contributed by atoms with Crippen LogP contribution in [0.4, 0.5) is 0 Å². The van der Waals surface area contributed by atoms with Gasteiger partial charge in [-0.05, 0) is 36.5 Å². The third-order valence-corrected chi connectivity index (χ3v) is 4.26. The van der Waals surface area contributed by atoms with Gasteiger partial charge in [-0.3, -0.25) is 4.79 Å². The van der Waals surface area contributed by atoms with Gasteiger partial charge in [-0.25, -0.2) is 0 Å². The van der Waals surface area contributed by atoms with Crippen LogP contribution in [0.15, 0.2) is 36.9 Å². The second kappa shape index (κ2) is 4.69. The summed E-state index contributed by atoms with van der Waals surface area (Å²) in [6.45, 7) is 4.27. The van der Waals surface area contributed by atoms with Crippen molar-refractivity contribution >= 4 is 22.3 Å². The van der Waals surface area contributed by atoms with Crippen molar-refractivity contribution in [3.05, 3.63) is 42.6 Å². The molecular weight excluding hydrogens is 234 g/mol. The van der Waals surface area contributed by atoms with Crippen LogP contribution in [-0.2, 0) is 11.8 Å². The number of aromatic nitrogens is 1. The fraction of sp³-hybridized carbons (Fsp3) is 0.353. The highest BCUT2D eigenvalue weighted by atomic mass is 16.1. The summed E-state index contributed by atoms with van der Waals surface area (Å²) >= 11 is 0. The first-order chi connectivity index (χ1) is 9.16. The topological polar surface area (TPSA) is 22.0 Å². The molecule has 0 radical (unpaired) electrons. The Morgan fingerprint density at radius 3 is 2.89 bits per heavy atom. The Labute approximate surface area is 113 Å². The molecule has 98 valence electrons. The molecule has 1 aliphatic carbocycles. The number of para-hydroxylation sites is 1. The van der Waals surface area contributed by atoms with Gasteiger partial charge >= 0.3 is 0 Å². The Morgan fingerprint density at radius 1 is 1.37 bits per heavy atom. The number of aryl methyl sites for hydroxylation is 1. The molecule has 2 nitrogen and oxygen atoms in total. The van der Waals surface area contributed by atoms with Crippen molar-refractivity contribution in [2.24, 2.45) is 13.0 Å². The van der Waals surface area contributed by atoms with Gasteiger partial charge in [0.05, 0.1) is 0 Å². The summed E-state index contributed by atoms with van der Waals surface area (Å²) in [5, 5.41) is 1.24. The van der Waals surface area contributed by atoms with Gasteiger partial charge in [-0.15, -0.1) is 0 Å². The molecule has 3 rings (SSSR count). The minimum Gasteiger partial charge on any atom is -0.344 e. The molecule has 2 heteroatoms. The van der Waals surface area contributed by atoms with Crippen molar-refractivity contribution in [2.45, 2.75) is 25.7 Å². The summed E-state index contributed by atoms with van der Waals surface area (Å²) in [5.41, 5.74) is 3.51. The van der Waals surface area contributed by atoms with Crippen LogP contribution in [0.25, 0.3) is 16.5 Å². The Kier molecular flexibility index (Phi) is 3.02. The van der Waals surface area contributed by atoms with E-state index in [4.69, 9.17) is 0 Å². The van der Waals surface area contributed by atoms with E-state index in [1.807, 2.05) is 0 Å². The summed E-state index contributed by atoms with van der Waals surface area (Å²) in [4.78, 5) is 11.6. The molecule has 0 saturated heterocycles. The standard InChI is InChI=1S/C17H19NO/c1-12(13-7-5-8-15(19)10-13)17-11-14-6-3-4-9-16(14)18(17)2/h3-4,6,9,11,13H,1,5,7-8,10H2,2H3. The second-order valence-electron chi connectivity index (χ2n) is 5.50. The maximum Gasteiger partial charge on any atom is 0.133 e. The number of benzene rings is 1. The number of allylic oxidation sites excluding steroid dienone is 1. The summed E-state index contributed by atoms with van der Waals surface area (Å²) < 4.78 is 2.19. The second-order valence-corrected chi connectivity index (χ2v) is 5.50. The van der Waals surface area contributed by atoms with E-state index >= 15 is 0 Å². The molecule has 19 heavy (non-hydrogen) atoms. The van der Waals surface area contributed by atoms with Gasteiger partial charge in [0, 0.05) is 36.5 Å². The lowest BCUT2D eigenvalue weighted by molar-refractivity contribution is -0.120. The summed E-state index contributed by atoms with van der Waals surface area (Å²) in [6, 6.07) is 10.5. The van der Waals surface area contributed by atoms with Gasteiger partial charge in [-0.2, -0.15) is 0 Å². The van der Waals surface area contributed by atoms with E-state index < -0.39 is 0 Å². The van der Waals surface area contributed by atoms with Gasteiger partial charge in [0.25, 0.3) is 0 Å². The van der Waals surface area contributed by atoms with E-state index in [0.717, 1.165) is 24.8 Å². The number of carbonyl (C=O) groups is 1. The lowest BCUT2D eigenvalue weighted by Gasteiger charge is -2.23. The van der Waals surface area contributed by atoms with Crippen LogP contribution in [0.2, 0.25) is 0 Å². The smallest absolute Gasteiger partial charge is 0.133 e. The average Bonchev–Trinajstić information content (AvgIpc) is 2.76. The Bertz CT molecular complexity index is 650. The first-order valence-electron chi connectivity index (χ1n) is 6.92. The molecule has 1 aromatic carbocycles. The number of hydrogen-bond donors (Lipinski definition) is 0. The minimum absolute atomic E-state index is 0.323. The summed E-state index contributed by atoms with van der Waals surface area (Å²) in [7, 11) is 2.08. The van der Waals surface area contributed by atoms with Crippen LogP contribution in [0, 0.1) is 5.92 Å². The van der Waals surface area contributed by atoms with Crippen LogP contribution in [-0.4, -0.2) is 10.4 Å². The molecule has 1 aliphatic rings. The number of rotatable bonds is 2. The van der Waals surface area contributed by atoms with Crippen molar-refractivity contribution in [1.29, 1.82) is 0 Å². The number of nitrogens with zero attached hydrogens (tertiary/aromatic N) is 1. The number of hydrogen-bond acceptors (Lipinski definition) is 1. The predicted octanol–water partition coefficient (Wildman–Crippen LogP) is 3.95. The SMILES string of the molecule is C=C(c1cc2ccccc2n1C)C1CCCC(=O)C1. The molecule has 1 saturated carbocycles. The Morgan fingerprint density at radius 2 is 2.16 bits per heavy atom. The van der Waals surface area contributed by atoms with E-state index in [9.17, 15) is 4.79 Å². The monoisotopic (exact) mass is 253 g/mol. The molecule has 1 heterocycles. The molecule has 0 aliphatic heterocycles. The van der Waals surface area contributed by atoms with Gasteiger partial charge < -0.3 is 4.57 Å². The first kappa shape index (κ1) is 12.2. The third-order valence-electron chi connectivity index (χ3n) is 4.26. The van der Waals surface area contributed by atoms with Crippen molar-refractivity contribution in [3.8, 4) is 0 Å². The highest BCUT2D eigenvalue weighted by molar-refractivity contribution is 5.87. The van der Waals surface area contributed by atoms with Crippen LogP contribution in [0.5, 0.6) is 0 Å². The van der Waals surface area contributed by atoms with E-state index in [-0.39, 0.29) is 0 Å². The summed E-state index contributed by atoms with van der Waals surface area (Å²) in [6.07, 6.45) is 3.51.